The lowest BCUT2D eigenvalue weighted by molar-refractivity contribution is -0.121. The van der Waals surface area contributed by atoms with Crippen LogP contribution in [0, 0.1) is 0 Å². The van der Waals surface area contributed by atoms with Crippen LogP contribution in [0.15, 0.2) is 54.6 Å². The predicted molar refractivity (Wildman–Crippen MR) is 101 cm³/mol. The zero-order valence-electron chi connectivity index (χ0n) is 13.8. The molecule has 0 unspecified atom stereocenters. The van der Waals surface area contributed by atoms with Gasteiger partial charge in [-0.25, -0.2) is 0 Å². The fourth-order valence-electron chi connectivity index (χ4n) is 3.40. The van der Waals surface area contributed by atoms with E-state index in [9.17, 15) is 4.79 Å². The van der Waals surface area contributed by atoms with E-state index >= 15 is 0 Å². The van der Waals surface area contributed by atoms with E-state index in [1.807, 2.05) is 24.3 Å². The number of benzene rings is 2. The number of nitrogens with one attached hydrogen (secondary N) is 1. The van der Waals surface area contributed by atoms with E-state index in [0.717, 1.165) is 36.9 Å². The van der Waals surface area contributed by atoms with Crippen LogP contribution in [0.5, 0.6) is 0 Å². The van der Waals surface area contributed by atoms with E-state index in [4.69, 9.17) is 5.73 Å². The zero-order valence-corrected chi connectivity index (χ0v) is 14.6. The summed E-state index contributed by atoms with van der Waals surface area (Å²) in [5, 5.41) is 3.18. The third-order valence-corrected chi connectivity index (χ3v) is 4.71. The SMILES string of the molecule is Cl.Nc1ccc(CC(=O)NC2CCC(c3ccccc3)CC2)cc1. The Kier molecular flexibility index (Phi) is 6.68. The highest BCUT2D eigenvalue weighted by Gasteiger charge is 2.23. The number of hydrogen-bond acceptors (Lipinski definition) is 2. The van der Waals surface area contributed by atoms with Gasteiger partial charge < -0.3 is 11.1 Å². The summed E-state index contributed by atoms with van der Waals surface area (Å²) in [5.41, 5.74) is 8.84. The largest absolute Gasteiger partial charge is 0.399 e. The molecule has 0 heterocycles. The highest BCUT2D eigenvalue weighted by Crippen LogP contribution is 2.32. The third-order valence-electron chi connectivity index (χ3n) is 4.71. The van der Waals surface area contributed by atoms with Gasteiger partial charge in [0.2, 0.25) is 5.91 Å². The summed E-state index contributed by atoms with van der Waals surface area (Å²) in [4.78, 5) is 12.2. The Morgan fingerprint density at radius 3 is 2.21 bits per heavy atom. The number of halogens is 1. The second kappa shape index (κ2) is 8.74. The molecule has 0 spiro atoms. The third kappa shape index (κ3) is 5.00. The standard InChI is InChI=1S/C20H24N2O.ClH/c21-18-10-6-15(7-11-18)14-20(23)22-19-12-8-17(9-13-19)16-4-2-1-3-5-16;/h1-7,10-11,17,19H,8-9,12-14,21H2,(H,22,23);1H. The highest BCUT2D eigenvalue weighted by molar-refractivity contribution is 5.85. The zero-order chi connectivity index (χ0) is 16.1. The van der Waals surface area contributed by atoms with Gasteiger partial charge in [0.05, 0.1) is 6.42 Å². The summed E-state index contributed by atoms with van der Waals surface area (Å²) in [6.07, 6.45) is 4.85. The van der Waals surface area contributed by atoms with Gasteiger partial charge in [-0.15, -0.1) is 12.4 Å². The van der Waals surface area contributed by atoms with Crippen LogP contribution in [0.4, 0.5) is 5.69 Å². The number of carbonyl (C=O) groups is 1. The van der Waals surface area contributed by atoms with Crippen molar-refractivity contribution in [2.24, 2.45) is 0 Å². The molecule has 0 atom stereocenters. The summed E-state index contributed by atoms with van der Waals surface area (Å²) < 4.78 is 0. The Labute approximate surface area is 150 Å². The van der Waals surface area contributed by atoms with Crippen LogP contribution in [0.1, 0.15) is 42.7 Å². The molecule has 1 saturated carbocycles. The summed E-state index contributed by atoms with van der Waals surface area (Å²) in [6, 6.07) is 18.5. The summed E-state index contributed by atoms with van der Waals surface area (Å²) in [7, 11) is 0. The first-order valence-corrected chi connectivity index (χ1v) is 8.39. The first kappa shape index (κ1) is 18.3. The minimum absolute atomic E-state index is 0. The lowest BCUT2D eigenvalue weighted by atomic mass is 9.82. The molecule has 1 fully saturated rings. The van der Waals surface area contributed by atoms with Crippen molar-refractivity contribution >= 4 is 24.0 Å². The molecule has 3 rings (SSSR count). The van der Waals surface area contributed by atoms with Gasteiger partial charge in [-0.2, -0.15) is 0 Å². The average Bonchev–Trinajstić information content (AvgIpc) is 2.58. The molecule has 128 valence electrons. The Hall–Kier alpha value is -2.00. The van der Waals surface area contributed by atoms with E-state index in [1.54, 1.807) is 0 Å². The monoisotopic (exact) mass is 344 g/mol. The minimum atomic E-state index is 0. The lowest BCUT2D eigenvalue weighted by Crippen LogP contribution is -2.38. The van der Waals surface area contributed by atoms with Gasteiger partial charge in [0.1, 0.15) is 0 Å². The molecule has 1 aliphatic rings. The number of nitrogen functional groups attached to an aromatic ring is 1. The molecular weight excluding hydrogens is 320 g/mol. The van der Waals surface area contributed by atoms with Crippen molar-refractivity contribution in [1.82, 2.24) is 5.32 Å². The number of hydrogen-bond donors (Lipinski definition) is 2. The maximum atomic E-state index is 12.2. The molecule has 24 heavy (non-hydrogen) atoms. The van der Waals surface area contributed by atoms with Crippen molar-refractivity contribution in [3.8, 4) is 0 Å². The molecule has 0 bridgehead atoms. The fourth-order valence-corrected chi connectivity index (χ4v) is 3.40. The van der Waals surface area contributed by atoms with Gasteiger partial charge in [0.15, 0.2) is 0 Å². The molecular formula is C20H25ClN2O. The first-order chi connectivity index (χ1) is 11.2. The van der Waals surface area contributed by atoms with Crippen LogP contribution in [0.3, 0.4) is 0 Å². The maximum Gasteiger partial charge on any atom is 0.224 e. The minimum Gasteiger partial charge on any atom is -0.399 e. The molecule has 2 aromatic rings. The maximum absolute atomic E-state index is 12.2. The van der Waals surface area contributed by atoms with Crippen LogP contribution in [-0.4, -0.2) is 11.9 Å². The van der Waals surface area contributed by atoms with E-state index < -0.39 is 0 Å². The van der Waals surface area contributed by atoms with Crippen LogP contribution >= 0.6 is 12.4 Å². The Morgan fingerprint density at radius 1 is 0.958 bits per heavy atom. The second-order valence-electron chi connectivity index (χ2n) is 6.45. The normalized spacial score (nSPS) is 20.0. The van der Waals surface area contributed by atoms with Crippen molar-refractivity contribution in [3.63, 3.8) is 0 Å². The van der Waals surface area contributed by atoms with Crippen LogP contribution in [0.25, 0.3) is 0 Å². The molecule has 3 nitrogen and oxygen atoms in total. The number of anilines is 1. The van der Waals surface area contributed by atoms with Crippen molar-refractivity contribution in [1.29, 1.82) is 0 Å². The number of rotatable bonds is 4. The molecule has 2 aromatic carbocycles. The number of nitrogens with two attached hydrogens (primary N) is 1. The topological polar surface area (TPSA) is 55.1 Å². The van der Waals surface area contributed by atoms with E-state index in [2.05, 4.69) is 35.6 Å². The van der Waals surface area contributed by atoms with Crippen molar-refractivity contribution in [3.05, 3.63) is 65.7 Å². The highest BCUT2D eigenvalue weighted by atomic mass is 35.5. The van der Waals surface area contributed by atoms with Crippen LogP contribution < -0.4 is 11.1 Å². The van der Waals surface area contributed by atoms with Crippen LogP contribution in [0.2, 0.25) is 0 Å². The van der Waals surface area contributed by atoms with E-state index in [-0.39, 0.29) is 18.3 Å². The van der Waals surface area contributed by atoms with E-state index in [0.29, 0.717) is 18.4 Å². The summed E-state index contributed by atoms with van der Waals surface area (Å²) >= 11 is 0. The first-order valence-electron chi connectivity index (χ1n) is 8.39. The fraction of sp³-hybridized carbons (Fsp3) is 0.350. The van der Waals surface area contributed by atoms with Gasteiger partial charge >= 0.3 is 0 Å². The second-order valence-corrected chi connectivity index (χ2v) is 6.45. The van der Waals surface area contributed by atoms with Crippen molar-refractivity contribution in [2.45, 2.75) is 44.1 Å². The molecule has 0 aliphatic heterocycles. The Bertz CT molecular complexity index is 634. The molecule has 0 aromatic heterocycles. The van der Waals surface area contributed by atoms with Crippen molar-refractivity contribution in [2.75, 3.05) is 5.73 Å². The van der Waals surface area contributed by atoms with Crippen molar-refractivity contribution < 1.29 is 4.79 Å². The Morgan fingerprint density at radius 2 is 1.58 bits per heavy atom. The van der Waals surface area contributed by atoms with Gasteiger partial charge in [0.25, 0.3) is 0 Å². The molecule has 4 heteroatoms. The molecule has 1 amide bonds. The quantitative estimate of drug-likeness (QED) is 0.821. The van der Waals surface area contributed by atoms with Gasteiger partial charge in [-0.3, -0.25) is 4.79 Å². The average molecular weight is 345 g/mol. The summed E-state index contributed by atoms with van der Waals surface area (Å²) in [6.45, 7) is 0. The van der Waals surface area contributed by atoms with E-state index in [1.165, 1.54) is 5.56 Å². The smallest absolute Gasteiger partial charge is 0.224 e. The number of amides is 1. The Balaban J connectivity index is 0.00000208. The van der Waals surface area contributed by atoms with Gasteiger partial charge in [-0.05, 0) is 54.9 Å². The molecule has 3 N–H and O–H groups in total. The summed E-state index contributed by atoms with van der Waals surface area (Å²) in [5.74, 6) is 0.749. The molecule has 1 aliphatic carbocycles. The van der Waals surface area contributed by atoms with Gasteiger partial charge in [0, 0.05) is 11.7 Å². The molecule has 0 saturated heterocycles. The molecule has 0 radical (unpaired) electrons. The predicted octanol–water partition coefficient (Wildman–Crippen LogP) is 4.08. The lowest BCUT2D eigenvalue weighted by Gasteiger charge is -2.29. The van der Waals surface area contributed by atoms with Crippen LogP contribution in [-0.2, 0) is 11.2 Å². The van der Waals surface area contributed by atoms with Gasteiger partial charge in [-0.1, -0.05) is 42.5 Å². The number of carbonyl (C=O) groups excluding carboxylic acids is 1.